The molecule has 1 amide bonds. The first kappa shape index (κ1) is 14.4. The average molecular weight is 313 g/mol. The number of nitrogens with one attached hydrogen (secondary N) is 1. The number of fused-ring (bicyclic) bond motifs is 1. The van der Waals surface area contributed by atoms with Crippen LogP contribution in [0.3, 0.4) is 0 Å². The van der Waals surface area contributed by atoms with Gasteiger partial charge in [0, 0.05) is 10.9 Å². The summed E-state index contributed by atoms with van der Waals surface area (Å²) in [6.45, 7) is 4.17. The largest absolute Gasteiger partial charge is 0.375 e. The first-order valence-corrected chi connectivity index (χ1v) is 7.64. The Morgan fingerprint density at radius 1 is 1.18 bits per heavy atom. The van der Waals surface area contributed by atoms with E-state index >= 15 is 0 Å². The molecule has 0 aliphatic heterocycles. The average Bonchev–Trinajstić information content (AvgIpc) is 2.91. The number of carbonyl (C=O) groups excluding carboxylic acids is 1. The summed E-state index contributed by atoms with van der Waals surface area (Å²) < 4.78 is 0. The first-order valence-electron chi connectivity index (χ1n) is 6.76. The SMILES string of the molecule is Cc1nc2ccc(C(=O)NCc3csc(N)n3)cc2nc1C. The van der Waals surface area contributed by atoms with Crippen LogP contribution in [-0.4, -0.2) is 20.9 Å². The van der Waals surface area contributed by atoms with Gasteiger partial charge in [-0.25, -0.2) is 15.0 Å². The number of nitrogen functional groups attached to an aromatic ring is 1. The van der Waals surface area contributed by atoms with Crippen molar-refractivity contribution in [3.63, 3.8) is 0 Å². The molecular weight excluding hydrogens is 298 g/mol. The van der Waals surface area contributed by atoms with Gasteiger partial charge in [0.1, 0.15) is 0 Å². The van der Waals surface area contributed by atoms with Crippen LogP contribution in [0.5, 0.6) is 0 Å². The second-order valence-corrected chi connectivity index (χ2v) is 5.85. The summed E-state index contributed by atoms with van der Waals surface area (Å²) in [5.41, 5.74) is 10.1. The minimum atomic E-state index is -0.173. The lowest BCUT2D eigenvalue weighted by Gasteiger charge is -2.06. The highest BCUT2D eigenvalue weighted by Crippen LogP contribution is 2.15. The molecule has 3 N–H and O–H groups in total. The summed E-state index contributed by atoms with van der Waals surface area (Å²) >= 11 is 1.35. The Morgan fingerprint density at radius 3 is 2.59 bits per heavy atom. The number of aryl methyl sites for hydroxylation is 2. The summed E-state index contributed by atoms with van der Waals surface area (Å²) in [5, 5.41) is 5.14. The number of nitrogens with zero attached hydrogens (tertiary/aromatic N) is 3. The van der Waals surface area contributed by atoms with Crippen LogP contribution in [0.15, 0.2) is 23.6 Å². The fraction of sp³-hybridized carbons (Fsp3) is 0.200. The van der Waals surface area contributed by atoms with Crippen molar-refractivity contribution in [1.82, 2.24) is 20.3 Å². The van der Waals surface area contributed by atoms with Gasteiger partial charge in [0.15, 0.2) is 5.13 Å². The Labute approximate surface area is 131 Å². The van der Waals surface area contributed by atoms with E-state index in [2.05, 4.69) is 20.3 Å². The second kappa shape index (κ2) is 5.69. The Bertz CT molecular complexity index is 858. The van der Waals surface area contributed by atoms with Crippen LogP contribution in [0, 0.1) is 13.8 Å². The Balaban J connectivity index is 1.80. The number of rotatable bonds is 3. The maximum absolute atomic E-state index is 12.2. The van der Waals surface area contributed by atoms with E-state index in [1.165, 1.54) is 11.3 Å². The topological polar surface area (TPSA) is 93.8 Å². The van der Waals surface area contributed by atoms with Crippen LogP contribution in [0.25, 0.3) is 11.0 Å². The molecule has 22 heavy (non-hydrogen) atoms. The van der Waals surface area contributed by atoms with Gasteiger partial charge in [-0.05, 0) is 32.0 Å². The molecule has 112 valence electrons. The fourth-order valence-corrected chi connectivity index (χ4v) is 2.61. The van der Waals surface area contributed by atoms with Crippen molar-refractivity contribution in [1.29, 1.82) is 0 Å². The lowest BCUT2D eigenvalue weighted by Crippen LogP contribution is -2.23. The van der Waals surface area contributed by atoms with Crippen LogP contribution < -0.4 is 11.1 Å². The lowest BCUT2D eigenvalue weighted by atomic mass is 10.1. The number of nitrogens with two attached hydrogens (primary N) is 1. The molecule has 6 nitrogen and oxygen atoms in total. The quantitative estimate of drug-likeness (QED) is 0.773. The highest BCUT2D eigenvalue weighted by Gasteiger charge is 2.09. The third kappa shape index (κ3) is 2.89. The predicted octanol–water partition coefficient (Wildman–Crippen LogP) is 2.22. The van der Waals surface area contributed by atoms with E-state index in [1.807, 2.05) is 25.3 Å². The highest BCUT2D eigenvalue weighted by atomic mass is 32.1. The Kier molecular flexibility index (Phi) is 3.72. The van der Waals surface area contributed by atoms with E-state index in [1.54, 1.807) is 12.1 Å². The molecule has 0 spiro atoms. The zero-order valence-corrected chi connectivity index (χ0v) is 13.1. The fourth-order valence-electron chi connectivity index (χ4n) is 2.05. The molecule has 0 aliphatic rings. The van der Waals surface area contributed by atoms with Gasteiger partial charge in [-0.1, -0.05) is 0 Å². The molecule has 2 heterocycles. The molecule has 0 radical (unpaired) electrons. The van der Waals surface area contributed by atoms with Crippen LogP contribution in [-0.2, 0) is 6.54 Å². The van der Waals surface area contributed by atoms with Crippen molar-refractivity contribution in [3.05, 3.63) is 46.2 Å². The molecule has 0 bridgehead atoms. The standard InChI is InChI=1S/C15H15N5OS/c1-8-9(2)19-13-5-10(3-4-12(13)18-8)14(21)17-6-11-7-22-15(16)20-11/h3-5,7H,6H2,1-2H3,(H2,16,20)(H,17,21). The van der Waals surface area contributed by atoms with Crippen molar-refractivity contribution in [2.45, 2.75) is 20.4 Å². The maximum Gasteiger partial charge on any atom is 0.251 e. The van der Waals surface area contributed by atoms with E-state index in [4.69, 9.17) is 5.73 Å². The van der Waals surface area contributed by atoms with Gasteiger partial charge in [-0.3, -0.25) is 4.79 Å². The number of amides is 1. The Morgan fingerprint density at radius 2 is 1.91 bits per heavy atom. The van der Waals surface area contributed by atoms with Crippen molar-refractivity contribution < 1.29 is 4.79 Å². The zero-order chi connectivity index (χ0) is 15.7. The van der Waals surface area contributed by atoms with Gasteiger partial charge in [-0.2, -0.15) is 0 Å². The van der Waals surface area contributed by atoms with Gasteiger partial charge in [0.05, 0.1) is 34.7 Å². The molecule has 0 fully saturated rings. The van der Waals surface area contributed by atoms with E-state index in [0.29, 0.717) is 22.8 Å². The second-order valence-electron chi connectivity index (χ2n) is 4.96. The van der Waals surface area contributed by atoms with Crippen molar-refractivity contribution >= 4 is 33.4 Å². The monoisotopic (exact) mass is 313 g/mol. The zero-order valence-electron chi connectivity index (χ0n) is 12.3. The predicted molar refractivity (Wildman–Crippen MR) is 86.7 cm³/mol. The molecule has 0 saturated heterocycles. The van der Waals surface area contributed by atoms with E-state index in [-0.39, 0.29) is 5.91 Å². The summed E-state index contributed by atoms with van der Waals surface area (Å²) in [4.78, 5) is 25.2. The summed E-state index contributed by atoms with van der Waals surface area (Å²) in [7, 11) is 0. The minimum absolute atomic E-state index is 0.173. The van der Waals surface area contributed by atoms with Gasteiger partial charge in [-0.15, -0.1) is 11.3 Å². The number of aromatic nitrogens is 3. The van der Waals surface area contributed by atoms with Gasteiger partial charge < -0.3 is 11.1 Å². The molecule has 0 saturated carbocycles. The number of carbonyl (C=O) groups is 1. The molecule has 0 aliphatic carbocycles. The normalized spacial score (nSPS) is 10.8. The van der Waals surface area contributed by atoms with E-state index in [9.17, 15) is 4.79 Å². The Hall–Kier alpha value is -2.54. The number of thiazole rings is 1. The number of hydrogen-bond donors (Lipinski definition) is 2. The molecule has 0 atom stereocenters. The molecule has 3 rings (SSSR count). The van der Waals surface area contributed by atoms with Crippen molar-refractivity contribution in [3.8, 4) is 0 Å². The number of hydrogen-bond acceptors (Lipinski definition) is 6. The number of benzene rings is 1. The third-order valence-electron chi connectivity index (χ3n) is 3.34. The molecule has 1 aromatic carbocycles. The molecule has 3 aromatic rings. The van der Waals surface area contributed by atoms with Crippen LogP contribution in [0.1, 0.15) is 27.4 Å². The van der Waals surface area contributed by atoms with E-state index in [0.717, 1.165) is 22.6 Å². The lowest BCUT2D eigenvalue weighted by molar-refractivity contribution is 0.0950. The molecule has 7 heteroatoms. The molecule has 0 unspecified atom stereocenters. The smallest absolute Gasteiger partial charge is 0.251 e. The van der Waals surface area contributed by atoms with Crippen molar-refractivity contribution in [2.24, 2.45) is 0 Å². The molecule has 2 aromatic heterocycles. The first-order chi connectivity index (χ1) is 10.5. The molecular formula is C15H15N5OS. The summed E-state index contributed by atoms with van der Waals surface area (Å²) in [6, 6.07) is 5.31. The summed E-state index contributed by atoms with van der Waals surface area (Å²) in [6.07, 6.45) is 0. The highest BCUT2D eigenvalue weighted by molar-refractivity contribution is 7.13. The minimum Gasteiger partial charge on any atom is -0.375 e. The van der Waals surface area contributed by atoms with Gasteiger partial charge in [0.2, 0.25) is 0 Å². The maximum atomic E-state index is 12.2. The third-order valence-corrected chi connectivity index (χ3v) is 4.06. The summed E-state index contributed by atoms with van der Waals surface area (Å²) in [5.74, 6) is -0.173. The van der Waals surface area contributed by atoms with Gasteiger partial charge >= 0.3 is 0 Å². The van der Waals surface area contributed by atoms with Crippen molar-refractivity contribution in [2.75, 3.05) is 5.73 Å². The van der Waals surface area contributed by atoms with E-state index < -0.39 is 0 Å². The number of anilines is 1. The van der Waals surface area contributed by atoms with Gasteiger partial charge in [0.25, 0.3) is 5.91 Å². The van der Waals surface area contributed by atoms with Crippen LogP contribution in [0.4, 0.5) is 5.13 Å². The van der Waals surface area contributed by atoms with Crippen LogP contribution >= 0.6 is 11.3 Å². The van der Waals surface area contributed by atoms with Crippen LogP contribution in [0.2, 0.25) is 0 Å².